The molecular weight excluding hydrogens is 194 g/mol. The Morgan fingerprint density at radius 2 is 1.88 bits per heavy atom. The molecule has 0 aliphatic carbocycles. The molecule has 0 bridgehead atoms. The number of nitrogens with zero attached hydrogens (tertiary/aromatic N) is 1. The SMILES string of the molecule is C[N@+]12CCC[C@H]1CC[C@H](c1ccccc1)C2. The second-order valence-electron chi connectivity index (χ2n) is 5.87. The molecule has 0 aromatic heterocycles. The molecule has 1 aromatic carbocycles. The molecule has 2 aliphatic heterocycles. The first kappa shape index (κ1) is 10.3. The van der Waals surface area contributed by atoms with E-state index in [1.807, 2.05) is 0 Å². The van der Waals surface area contributed by atoms with E-state index in [9.17, 15) is 0 Å². The molecule has 16 heavy (non-hydrogen) atoms. The van der Waals surface area contributed by atoms with Crippen molar-refractivity contribution in [2.24, 2.45) is 0 Å². The summed E-state index contributed by atoms with van der Waals surface area (Å²) in [6.45, 7) is 2.78. The van der Waals surface area contributed by atoms with E-state index >= 15 is 0 Å². The van der Waals surface area contributed by atoms with Crippen molar-refractivity contribution in [1.82, 2.24) is 0 Å². The van der Waals surface area contributed by atoms with Gasteiger partial charge in [0.15, 0.2) is 0 Å². The zero-order valence-electron chi connectivity index (χ0n) is 10.2. The van der Waals surface area contributed by atoms with E-state index in [2.05, 4.69) is 37.4 Å². The highest BCUT2D eigenvalue weighted by Crippen LogP contribution is 2.39. The van der Waals surface area contributed by atoms with E-state index in [4.69, 9.17) is 0 Å². The Bertz CT molecular complexity index is 359. The van der Waals surface area contributed by atoms with Gasteiger partial charge in [-0.3, -0.25) is 0 Å². The molecule has 3 rings (SSSR count). The maximum Gasteiger partial charge on any atom is 0.0890 e. The smallest absolute Gasteiger partial charge is 0.0890 e. The van der Waals surface area contributed by atoms with Crippen LogP contribution in [0, 0.1) is 0 Å². The molecule has 0 radical (unpaired) electrons. The largest absolute Gasteiger partial charge is 0.323 e. The lowest BCUT2D eigenvalue weighted by atomic mass is 9.86. The summed E-state index contributed by atoms with van der Waals surface area (Å²) < 4.78 is 1.35. The standard InChI is InChI=1S/C15H22N/c1-16-11-5-8-15(16)10-9-14(12-16)13-6-3-2-4-7-13/h2-4,6-7,14-15H,5,8-12H2,1H3/q+1/t14-,15-,16+/m0/s1. The number of benzene rings is 1. The number of quaternary nitrogens is 1. The number of hydrogen-bond acceptors (Lipinski definition) is 0. The Labute approximate surface area is 98.7 Å². The fraction of sp³-hybridized carbons (Fsp3) is 0.600. The first-order chi connectivity index (χ1) is 7.78. The summed E-state index contributed by atoms with van der Waals surface area (Å²) in [5.74, 6) is 0.806. The minimum Gasteiger partial charge on any atom is -0.323 e. The first-order valence-electron chi connectivity index (χ1n) is 6.67. The van der Waals surface area contributed by atoms with Gasteiger partial charge in [0.1, 0.15) is 0 Å². The molecule has 0 amide bonds. The van der Waals surface area contributed by atoms with E-state index in [0.717, 1.165) is 12.0 Å². The van der Waals surface area contributed by atoms with Crippen LogP contribution in [-0.4, -0.2) is 30.7 Å². The van der Waals surface area contributed by atoms with Crippen LogP contribution < -0.4 is 0 Å². The molecule has 2 aliphatic rings. The van der Waals surface area contributed by atoms with Gasteiger partial charge in [0, 0.05) is 25.2 Å². The normalized spacial score (nSPS) is 38.3. The molecule has 1 heteroatoms. The summed E-state index contributed by atoms with van der Waals surface area (Å²) in [6, 6.07) is 12.1. The molecule has 0 saturated carbocycles. The highest BCUT2D eigenvalue weighted by Gasteiger charge is 2.43. The van der Waals surface area contributed by atoms with Gasteiger partial charge < -0.3 is 4.48 Å². The molecule has 86 valence electrons. The fourth-order valence-electron chi connectivity index (χ4n) is 3.86. The van der Waals surface area contributed by atoms with Gasteiger partial charge in [0.2, 0.25) is 0 Å². The van der Waals surface area contributed by atoms with Gasteiger partial charge >= 0.3 is 0 Å². The number of likely N-dealkylation sites (N-methyl/N-ethyl adjacent to an activating group) is 1. The summed E-state index contributed by atoms with van der Waals surface area (Å²) in [5, 5.41) is 0. The molecule has 2 heterocycles. The Balaban J connectivity index is 1.80. The lowest BCUT2D eigenvalue weighted by Crippen LogP contribution is -2.53. The van der Waals surface area contributed by atoms with Crippen molar-refractivity contribution >= 4 is 0 Å². The molecule has 2 fully saturated rings. The number of fused-ring (bicyclic) bond motifs is 1. The van der Waals surface area contributed by atoms with Crippen molar-refractivity contribution in [2.45, 2.75) is 37.6 Å². The average Bonchev–Trinajstić information content (AvgIpc) is 2.70. The van der Waals surface area contributed by atoms with E-state index in [-0.39, 0.29) is 0 Å². The van der Waals surface area contributed by atoms with E-state index < -0.39 is 0 Å². The van der Waals surface area contributed by atoms with E-state index in [0.29, 0.717) is 0 Å². The highest BCUT2D eigenvalue weighted by atomic mass is 15.4. The Morgan fingerprint density at radius 1 is 1.06 bits per heavy atom. The third kappa shape index (κ3) is 1.67. The summed E-state index contributed by atoms with van der Waals surface area (Å²) >= 11 is 0. The summed E-state index contributed by atoms with van der Waals surface area (Å²) in [7, 11) is 2.48. The summed E-state index contributed by atoms with van der Waals surface area (Å²) in [4.78, 5) is 0. The highest BCUT2D eigenvalue weighted by molar-refractivity contribution is 5.20. The lowest BCUT2D eigenvalue weighted by molar-refractivity contribution is -0.927. The molecular formula is C15H22N+. The molecule has 3 atom stereocenters. The average molecular weight is 216 g/mol. The van der Waals surface area contributed by atoms with Gasteiger partial charge in [-0.05, 0) is 12.0 Å². The van der Waals surface area contributed by atoms with Crippen molar-refractivity contribution in [2.75, 3.05) is 20.1 Å². The predicted octanol–water partition coefficient (Wildman–Crippen LogP) is 3.17. The Hall–Kier alpha value is -0.820. The van der Waals surface area contributed by atoms with Crippen molar-refractivity contribution in [3.8, 4) is 0 Å². The zero-order valence-corrected chi connectivity index (χ0v) is 10.2. The molecule has 2 saturated heterocycles. The summed E-state index contributed by atoms with van der Waals surface area (Å²) in [5.41, 5.74) is 1.56. The van der Waals surface area contributed by atoms with Crippen molar-refractivity contribution in [1.29, 1.82) is 0 Å². The van der Waals surface area contributed by atoms with Gasteiger partial charge in [-0.25, -0.2) is 0 Å². The third-order valence-corrected chi connectivity index (χ3v) is 4.84. The van der Waals surface area contributed by atoms with Gasteiger partial charge in [0.05, 0.1) is 26.2 Å². The fourth-order valence-corrected chi connectivity index (χ4v) is 3.86. The van der Waals surface area contributed by atoms with Crippen LogP contribution in [-0.2, 0) is 0 Å². The lowest BCUT2D eigenvalue weighted by Gasteiger charge is -2.43. The van der Waals surface area contributed by atoms with Crippen LogP contribution >= 0.6 is 0 Å². The Morgan fingerprint density at radius 3 is 2.69 bits per heavy atom. The van der Waals surface area contributed by atoms with Crippen LogP contribution in [0.1, 0.15) is 37.2 Å². The van der Waals surface area contributed by atoms with Crippen molar-refractivity contribution in [3.05, 3.63) is 35.9 Å². The minimum absolute atomic E-state index is 0.806. The van der Waals surface area contributed by atoms with Crippen LogP contribution in [0.5, 0.6) is 0 Å². The van der Waals surface area contributed by atoms with Gasteiger partial charge in [-0.1, -0.05) is 30.3 Å². The summed E-state index contributed by atoms with van der Waals surface area (Å²) in [6.07, 6.45) is 5.76. The monoisotopic (exact) mass is 216 g/mol. The molecule has 0 unspecified atom stereocenters. The Kier molecular flexibility index (Phi) is 2.51. The van der Waals surface area contributed by atoms with Crippen LogP contribution in [0.3, 0.4) is 0 Å². The second-order valence-corrected chi connectivity index (χ2v) is 5.87. The van der Waals surface area contributed by atoms with Crippen LogP contribution in [0.2, 0.25) is 0 Å². The van der Waals surface area contributed by atoms with E-state index in [1.54, 1.807) is 5.56 Å². The van der Waals surface area contributed by atoms with E-state index in [1.165, 1.54) is 43.3 Å². The van der Waals surface area contributed by atoms with Crippen LogP contribution in [0.15, 0.2) is 30.3 Å². The first-order valence-corrected chi connectivity index (χ1v) is 6.67. The second kappa shape index (κ2) is 3.89. The van der Waals surface area contributed by atoms with Crippen molar-refractivity contribution in [3.63, 3.8) is 0 Å². The third-order valence-electron chi connectivity index (χ3n) is 4.84. The maximum atomic E-state index is 2.48. The quantitative estimate of drug-likeness (QED) is 0.633. The number of hydrogen-bond donors (Lipinski definition) is 0. The topological polar surface area (TPSA) is 0 Å². The minimum atomic E-state index is 0.806. The van der Waals surface area contributed by atoms with Crippen LogP contribution in [0.4, 0.5) is 0 Å². The zero-order chi connectivity index (χ0) is 11.0. The number of piperidine rings is 1. The molecule has 0 N–H and O–H groups in total. The molecule has 1 aromatic rings. The number of rotatable bonds is 1. The predicted molar refractivity (Wildman–Crippen MR) is 67.4 cm³/mol. The molecule has 0 spiro atoms. The van der Waals surface area contributed by atoms with Gasteiger partial charge in [-0.15, -0.1) is 0 Å². The molecule has 1 nitrogen and oxygen atoms in total. The van der Waals surface area contributed by atoms with Gasteiger partial charge in [0.25, 0.3) is 0 Å². The van der Waals surface area contributed by atoms with Crippen LogP contribution in [0.25, 0.3) is 0 Å². The van der Waals surface area contributed by atoms with Gasteiger partial charge in [-0.2, -0.15) is 0 Å². The maximum absolute atomic E-state index is 2.48. The van der Waals surface area contributed by atoms with Crippen molar-refractivity contribution < 1.29 is 4.48 Å².